The van der Waals surface area contributed by atoms with Crippen LogP contribution in [-0.2, 0) is 6.42 Å². The summed E-state index contributed by atoms with van der Waals surface area (Å²) in [4.78, 5) is 3.21. The van der Waals surface area contributed by atoms with Crippen molar-refractivity contribution in [3.05, 3.63) is 35.5 Å². The van der Waals surface area contributed by atoms with Crippen LogP contribution in [0.2, 0.25) is 0 Å². The van der Waals surface area contributed by atoms with E-state index in [0.29, 0.717) is 5.56 Å². The van der Waals surface area contributed by atoms with Gasteiger partial charge in [-0.1, -0.05) is 6.07 Å². The zero-order valence-corrected chi connectivity index (χ0v) is 9.16. The van der Waals surface area contributed by atoms with Crippen molar-refractivity contribution >= 4 is 10.9 Å². The number of fused-ring (bicyclic) bond motifs is 1. The number of nitrogens with zero attached hydrogens (tertiary/aromatic N) is 1. The Morgan fingerprint density at radius 3 is 2.94 bits per heavy atom. The van der Waals surface area contributed by atoms with Crippen molar-refractivity contribution in [1.29, 1.82) is 5.26 Å². The topological polar surface area (TPSA) is 65.6 Å². The maximum atomic E-state index is 8.80. The van der Waals surface area contributed by atoms with Gasteiger partial charge in [-0.15, -0.1) is 0 Å². The first-order valence-electron chi connectivity index (χ1n) is 5.55. The molecule has 0 atom stereocenters. The molecule has 0 fully saturated rings. The summed E-state index contributed by atoms with van der Waals surface area (Å²) in [6, 6.07) is 7.91. The molecule has 0 spiro atoms. The summed E-state index contributed by atoms with van der Waals surface area (Å²) < 4.78 is 0. The number of aromatic nitrogens is 1. The van der Waals surface area contributed by atoms with Gasteiger partial charge in [-0.05, 0) is 43.5 Å². The third kappa shape index (κ3) is 2.07. The molecule has 0 radical (unpaired) electrons. The van der Waals surface area contributed by atoms with Gasteiger partial charge in [-0.25, -0.2) is 0 Å². The van der Waals surface area contributed by atoms with Gasteiger partial charge in [0.05, 0.1) is 11.6 Å². The van der Waals surface area contributed by atoms with Crippen LogP contribution in [0.15, 0.2) is 24.4 Å². The van der Waals surface area contributed by atoms with Crippen molar-refractivity contribution in [2.75, 3.05) is 6.54 Å². The van der Waals surface area contributed by atoms with Gasteiger partial charge in [0.2, 0.25) is 0 Å². The highest BCUT2D eigenvalue weighted by Gasteiger charge is 2.03. The molecule has 2 aromatic rings. The molecule has 3 heteroatoms. The molecule has 0 aliphatic rings. The van der Waals surface area contributed by atoms with E-state index in [4.69, 9.17) is 11.0 Å². The Balaban J connectivity index is 2.25. The molecule has 1 aromatic carbocycles. The van der Waals surface area contributed by atoms with Gasteiger partial charge in [0, 0.05) is 17.1 Å². The standard InChI is InChI=1S/C13H15N3/c14-6-2-1-3-11-9-16-13-7-10(8-15)4-5-12(11)13/h4-5,7,9,16H,1-3,6,14H2. The maximum absolute atomic E-state index is 8.80. The van der Waals surface area contributed by atoms with Crippen LogP contribution in [0.3, 0.4) is 0 Å². The summed E-state index contributed by atoms with van der Waals surface area (Å²) in [7, 11) is 0. The van der Waals surface area contributed by atoms with Gasteiger partial charge in [0.15, 0.2) is 0 Å². The number of aryl methyl sites for hydroxylation is 1. The second-order valence-corrected chi connectivity index (χ2v) is 3.93. The molecule has 1 aromatic heterocycles. The van der Waals surface area contributed by atoms with Crippen molar-refractivity contribution in [3.63, 3.8) is 0 Å². The number of H-pyrrole nitrogens is 1. The normalized spacial score (nSPS) is 10.5. The lowest BCUT2D eigenvalue weighted by Crippen LogP contribution is -1.98. The Kier molecular flexibility index (Phi) is 3.23. The van der Waals surface area contributed by atoms with Gasteiger partial charge in [-0.3, -0.25) is 0 Å². The summed E-state index contributed by atoms with van der Waals surface area (Å²) in [5.41, 5.74) is 8.53. The fourth-order valence-electron chi connectivity index (χ4n) is 1.92. The number of unbranched alkanes of at least 4 members (excludes halogenated alkanes) is 1. The van der Waals surface area contributed by atoms with E-state index in [2.05, 4.69) is 11.1 Å². The average molecular weight is 213 g/mol. The van der Waals surface area contributed by atoms with Gasteiger partial charge in [0.25, 0.3) is 0 Å². The van der Waals surface area contributed by atoms with E-state index in [1.165, 1.54) is 10.9 Å². The molecule has 16 heavy (non-hydrogen) atoms. The van der Waals surface area contributed by atoms with Crippen molar-refractivity contribution in [2.45, 2.75) is 19.3 Å². The summed E-state index contributed by atoms with van der Waals surface area (Å²) in [5.74, 6) is 0. The lowest BCUT2D eigenvalue weighted by Gasteiger charge is -1.98. The molecule has 0 aliphatic heterocycles. The number of aromatic amines is 1. The van der Waals surface area contributed by atoms with Crippen LogP contribution in [0.25, 0.3) is 10.9 Å². The van der Waals surface area contributed by atoms with Gasteiger partial charge in [0.1, 0.15) is 0 Å². The van der Waals surface area contributed by atoms with Crippen LogP contribution in [-0.4, -0.2) is 11.5 Å². The minimum absolute atomic E-state index is 0.697. The average Bonchev–Trinajstić information content (AvgIpc) is 2.72. The van der Waals surface area contributed by atoms with Crippen LogP contribution in [0.4, 0.5) is 0 Å². The predicted molar refractivity (Wildman–Crippen MR) is 65.0 cm³/mol. The Morgan fingerprint density at radius 1 is 1.31 bits per heavy atom. The summed E-state index contributed by atoms with van der Waals surface area (Å²) >= 11 is 0. The predicted octanol–water partition coefficient (Wildman–Crippen LogP) is 2.32. The summed E-state index contributed by atoms with van der Waals surface area (Å²) in [5, 5.41) is 10.0. The molecule has 0 aliphatic carbocycles. The second-order valence-electron chi connectivity index (χ2n) is 3.93. The number of nitrogens with one attached hydrogen (secondary N) is 1. The number of nitrogens with two attached hydrogens (primary N) is 1. The second kappa shape index (κ2) is 4.82. The fourth-order valence-corrected chi connectivity index (χ4v) is 1.92. The maximum Gasteiger partial charge on any atom is 0.0992 e. The Bertz CT molecular complexity index is 519. The number of rotatable bonds is 4. The zero-order valence-electron chi connectivity index (χ0n) is 9.16. The van der Waals surface area contributed by atoms with E-state index >= 15 is 0 Å². The first kappa shape index (κ1) is 10.7. The largest absolute Gasteiger partial charge is 0.361 e. The van der Waals surface area contributed by atoms with Crippen LogP contribution >= 0.6 is 0 Å². The third-order valence-electron chi connectivity index (χ3n) is 2.80. The molecular formula is C13H15N3. The number of nitriles is 1. The molecule has 1 heterocycles. The Hall–Kier alpha value is -1.79. The van der Waals surface area contributed by atoms with Crippen molar-refractivity contribution in [1.82, 2.24) is 4.98 Å². The van der Waals surface area contributed by atoms with E-state index in [0.717, 1.165) is 31.3 Å². The molecule has 82 valence electrons. The van der Waals surface area contributed by atoms with Crippen LogP contribution < -0.4 is 5.73 Å². The molecule has 0 unspecified atom stereocenters. The molecule has 0 saturated carbocycles. The molecule has 0 amide bonds. The third-order valence-corrected chi connectivity index (χ3v) is 2.80. The molecular weight excluding hydrogens is 198 g/mol. The molecule has 0 saturated heterocycles. The Labute approximate surface area is 94.9 Å². The lowest BCUT2D eigenvalue weighted by atomic mass is 10.1. The molecule has 2 rings (SSSR count). The van der Waals surface area contributed by atoms with E-state index in [1.807, 2.05) is 24.4 Å². The van der Waals surface area contributed by atoms with E-state index < -0.39 is 0 Å². The van der Waals surface area contributed by atoms with Gasteiger partial charge < -0.3 is 10.7 Å². The SMILES string of the molecule is N#Cc1ccc2c(CCCCN)c[nH]c2c1. The smallest absolute Gasteiger partial charge is 0.0992 e. The van der Waals surface area contributed by atoms with E-state index in [1.54, 1.807) is 0 Å². The van der Waals surface area contributed by atoms with E-state index in [9.17, 15) is 0 Å². The van der Waals surface area contributed by atoms with Crippen molar-refractivity contribution in [2.24, 2.45) is 5.73 Å². The van der Waals surface area contributed by atoms with E-state index in [-0.39, 0.29) is 0 Å². The minimum atomic E-state index is 0.697. The first-order valence-corrected chi connectivity index (χ1v) is 5.55. The highest BCUT2D eigenvalue weighted by Crippen LogP contribution is 2.20. The number of benzene rings is 1. The zero-order chi connectivity index (χ0) is 11.4. The molecule has 0 bridgehead atoms. The quantitative estimate of drug-likeness (QED) is 0.765. The highest BCUT2D eigenvalue weighted by atomic mass is 14.7. The number of hydrogen-bond donors (Lipinski definition) is 2. The summed E-state index contributed by atoms with van der Waals surface area (Å²) in [6.07, 6.45) is 5.25. The lowest BCUT2D eigenvalue weighted by molar-refractivity contribution is 0.747. The highest BCUT2D eigenvalue weighted by molar-refractivity contribution is 5.84. The van der Waals surface area contributed by atoms with Crippen LogP contribution in [0.5, 0.6) is 0 Å². The van der Waals surface area contributed by atoms with Crippen molar-refractivity contribution in [3.8, 4) is 6.07 Å². The van der Waals surface area contributed by atoms with Gasteiger partial charge in [-0.2, -0.15) is 5.26 Å². The fraction of sp³-hybridized carbons (Fsp3) is 0.308. The van der Waals surface area contributed by atoms with Gasteiger partial charge >= 0.3 is 0 Å². The summed E-state index contributed by atoms with van der Waals surface area (Å²) in [6.45, 7) is 0.751. The van der Waals surface area contributed by atoms with Crippen LogP contribution in [0, 0.1) is 11.3 Å². The first-order chi connectivity index (χ1) is 7.85. The molecule has 3 nitrogen and oxygen atoms in total. The van der Waals surface area contributed by atoms with Crippen LogP contribution in [0.1, 0.15) is 24.0 Å². The minimum Gasteiger partial charge on any atom is -0.361 e. The molecule has 3 N–H and O–H groups in total. The number of hydrogen-bond acceptors (Lipinski definition) is 2. The van der Waals surface area contributed by atoms with Crippen molar-refractivity contribution < 1.29 is 0 Å². The Morgan fingerprint density at radius 2 is 2.19 bits per heavy atom. The monoisotopic (exact) mass is 213 g/mol.